The number of rotatable bonds is 2. The highest BCUT2D eigenvalue weighted by Gasteiger charge is 2.18. The average molecular weight is 541 g/mol. The largest absolute Gasteiger partial charge is 0.456 e. The number of para-hydroxylation sites is 2. The second-order valence-corrected chi connectivity index (χ2v) is 10.7. The van der Waals surface area contributed by atoms with Gasteiger partial charge in [0.15, 0.2) is 5.58 Å². The van der Waals surface area contributed by atoms with Gasteiger partial charge in [0, 0.05) is 39.0 Å². The first-order chi connectivity index (χ1) is 20.8. The maximum absolute atomic E-state index is 6.51. The highest BCUT2D eigenvalue weighted by Crippen LogP contribution is 2.39. The highest BCUT2D eigenvalue weighted by molar-refractivity contribution is 6.12. The van der Waals surface area contributed by atoms with Crippen molar-refractivity contribution < 1.29 is 8.83 Å². The molecule has 0 N–H and O–H groups in total. The van der Waals surface area contributed by atoms with Crippen molar-refractivity contribution in [2.75, 3.05) is 0 Å². The third kappa shape index (κ3) is 2.82. The number of hydrogen-bond donors (Lipinski definition) is 0. The van der Waals surface area contributed by atoms with Gasteiger partial charge in [0.2, 0.25) is 0 Å². The van der Waals surface area contributed by atoms with Crippen molar-refractivity contribution in [3.8, 4) is 17.0 Å². The molecule has 6 heteroatoms. The molecule has 0 atom stereocenters. The Balaban J connectivity index is 1.20. The molecule has 0 fully saturated rings. The topological polar surface area (TPSA) is 61.4 Å². The SMILES string of the molecule is c1ccc2c(c1)c1ccccc1n2-c1ccc2oc3ccc(-c4cc5c6ncccc6n6nccc6c5o4)cc3c2c1. The van der Waals surface area contributed by atoms with Crippen LogP contribution in [0.4, 0.5) is 0 Å². The third-order valence-electron chi connectivity index (χ3n) is 8.45. The zero-order valence-electron chi connectivity index (χ0n) is 22.2. The van der Waals surface area contributed by atoms with E-state index in [2.05, 4.69) is 99.6 Å². The Bertz CT molecular complexity index is 2650. The summed E-state index contributed by atoms with van der Waals surface area (Å²) in [5.41, 5.74) is 9.64. The number of aromatic nitrogens is 4. The Labute approximate surface area is 237 Å². The fraction of sp³-hybridized carbons (Fsp3) is 0. The van der Waals surface area contributed by atoms with Gasteiger partial charge in [0.1, 0.15) is 22.4 Å². The van der Waals surface area contributed by atoms with Crippen LogP contribution in [-0.2, 0) is 0 Å². The molecule has 6 nitrogen and oxygen atoms in total. The molecule has 6 aromatic heterocycles. The Morgan fingerprint density at radius 1 is 0.524 bits per heavy atom. The molecule has 196 valence electrons. The minimum absolute atomic E-state index is 0.777. The van der Waals surface area contributed by atoms with E-state index in [-0.39, 0.29) is 0 Å². The molecule has 0 unspecified atom stereocenters. The summed E-state index contributed by atoms with van der Waals surface area (Å²) in [6.45, 7) is 0. The third-order valence-corrected chi connectivity index (χ3v) is 8.45. The lowest BCUT2D eigenvalue weighted by atomic mass is 10.1. The van der Waals surface area contributed by atoms with Crippen LogP contribution in [0.5, 0.6) is 0 Å². The minimum Gasteiger partial charge on any atom is -0.456 e. The van der Waals surface area contributed by atoms with Gasteiger partial charge < -0.3 is 13.4 Å². The van der Waals surface area contributed by atoms with E-state index in [9.17, 15) is 0 Å². The summed E-state index contributed by atoms with van der Waals surface area (Å²) in [6, 6.07) is 37.9. The summed E-state index contributed by atoms with van der Waals surface area (Å²) < 4.78 is 17.0. The van der Waals surface area contributed by atoms with Gasteiger partial charge >= 0.3 is 0 Å². The molecule has 4 aromatic carbocycles. The molecule has 0 bridgehead atoms. The van der Waals surface area contributed by atoms with Gasteiger partial charge in [-0.2, -0.15) is 5.10 Å². The fourth-order valence-electron chi connectivity index (χ4n) is 6.60. The van der Waals surface area contributed by atoms with E-state index < -0.39 is 0 Å². The monoisotopic (exact) mass is 540 g/mol. The average Bonchev–Trinajstić information content (AvgIpc) is 3.83. The smallest absolute Gasteiger partial charge is 0.162 e. The van der Waals surface area contributed by atoms with E-state index in [4.69, 9.17) is 8.83 Å². The second-order valence-electron chi connectivity index (χ2n) is 10.7. The molecule has 10 rings (SSSR count). The molecule has 0 aliphatic rings. The lowest BCUT2D eigenvalue weighted by Crippen LogP contribution is -1.93. The zero-order chi connectivity index (χ0) is 27.4. The van der Waals surface area contributed by atoms with Crippen molar-refractivity contribution in [3.63, 3.8) is 0 Å². The molecule has 0 radical (unpaired) electrons. The molecule has 0 saturated heterocycles. The first-order valence-electron chi connectivity index (χ1n) is 13.9. The number of benzene rings is 4. The predicted octanol–water partition coefficient (Wildman–Crippen LogP) is 9.29. The van der Waals surface area contributed by atoms with Crippen LogP contribution in [0.25, 0.3) is 88.3 Å². The van der Waals surface area contributed by atoms with E-state index in [0.29, 0.717) is 0 Å². The van der Waals surface area contributed by atoms with Crippen LogP contribution in [0.1, 0.15) is 0 Å². The van der Waals surface area contributed by atoms with E-state index >= 15 is 0 Å². The maximum atomic E-state index is 6.51. The van der Waals surface area contributed by atoms with Crippen molar-refractivity contribution in [2.24, 2.45) is 0 Å². The van der Waals surface area contributed by atoms with Gasteiger partial charge in [-0.1, -0.05) is 36.4 Å². The second kappa shape index (κ2) is 7.86. The number of hydrogen-bond acceptors (Lipinski definition) is 4. The summed E-state index contributed by atoms with van der Waals surface area (Å²) >= 11 is 0. The van der Waals surface area contributed by atoms with E-state index in [1.807, 2.05) is 35.0 Å². The minimum atomic E-state index is 0.777. The van der Waals surface area contributed by atoms with Gasteiger partial charge in [-0.25, -0.2) is 4.52 Å². The van der Waals surface area contributed by atoms with Crippen molar-refractivity contribution in [1.29, 1.82) is 0 Å². The lowest BCUT2D eigenvalue weighted by Gasteiger charge is -2.08. The number of pyridine rings is 2. The van der Waals surface area contributed by atoms with E-state index in [1.54, 1.807) is 6.20 Å². The van der Waals surface area contributed by atoms with Gasteiger partial charge in [-0.3, -0.25) is 4.98 Å². The van der Waals surface area contributed by atoms with Gasteiger partial charge in [0.05, 0.1) is 33.6 Å². The van der Waals surface area contributed by atoms with Crippen LogP contribution >= 0.6 is 0 Å². The van der Waals surface area contributed by atoms with Crippen LogP contribution < -0.4 is 0 Å². The molecule has 42 heavy (non-hydrogen) atoms. The summed E-state index contributed by atoms with van der Waals surface area (Å²) in [5, 5.41) is 10.1. The summed E-state index contributed by atoms with van der Waals surface area (Å²) in [4.78, 5) is 4.67. The molecular formula is C36H20N4O2. The van der Waals surface area contributed by atoms with Crippen LogP contribution in [0, 0.1) is 0 Å². The summed E-state index contributed by atoms with van der Waals surface area (Å²) in [5.74, 6) is 0.779. The van der Waals surface area contributed by atoms with Crippen LogP contribution in [0.2, 0.25) is 0 Å². The molecular weight excluding hydrogens is 520 g/mol. The highest BCUT2D eigenvalue weighted by atomic mass is 16.3. The van der Waals surface area contributed by atoms with Crippen molar-refractivity contribution in [1.82, 2.24) is 19.2 Å². The van der Waals surface area contributed by atoms with Crippen LogP contribution in [0.3, 0.4) is 0 Å². The van der Waals surface area contributed by atoms with E-state index in [1.165, 1.54) is 21.8 Å². The Kier molecular flexibility index (Phi) is 4.10. The quantitative estimate of drug-likeness (QED) is 0.219. The van der Waals surface area contributed by atoms with Gasteiger partial charge in [-0.05, 0) is 72.8 Å². The molecule has 0 aliphatic carbocycles. The van der Waals surface area contributed by atoms with Crippen LogP contribution in [-0.4, -0.2) is 19.2 Å². The standard InChI is InChI=1S/C36H20N4O2/c1-3-8-28-23(6-1)24-7-2-4-9-29(24)39(28)22-12-14-33-26(19-22)25-18-21(11-13-32(25)41-33)34-20-27-35-30(10-5-16-37-35)40-31(15-17-38-40)36(27)42-34/h1-20H. The zero-order valence-corrected chi connectivity index (χ0v) is 22.2. The molecule has 0 aliphatic heterocycles. The van der Waals surface area contributed by atoms with Gasteiger partial charge in [0.25, 0.3) is 0 Å². The molecule has 0 saturated carbocycles. The van der Waals surface area contributed by atoms with Crippen molar-refractivity contribution in [3.05, 3.63) is 122 Å². The molecule has 10 aromatic rings. The summed E-state index contributed by atoms with van der Waals surface area (Å²) in [6.07, 6.45) is 3.60. The Hall–Kier alpha value is -5.88. The first-order valence-corrected chi connectivity index (χ1v) is 13.9. The van der Waals surface area contributed by atoms with Gasteiger partial charge in [-0.15, -0.1) is 0 Å². The lowest BCUT2D eigenvalue weighted by molar-refractivity contribution is 0.633. The van der Waals surface area contributed by atoms with Crippen molar-refractivity contribution in [2.45, 2.75) is 0 Å². The maximum Gasteiger partial charge on any atom is 0.162 e. The van der Waals surface area contributed by atoms with E-state index in [0.717, 1.165) is 66.5 Å². The fourth-order valence-corrected chi connectivity index (χ4v) is 6.60. The normalized spacial score (nSPS) is 12.3. The number of furan rings is 2. The number of nitrogens with zero attached hydrogens (tertiary/aromatic N) is 4. The molecule has 0 spiro atoms. The number of fused-ring (bicyclic) bond motifs is 12. The van der Waals surface area contributed by atoms with Crippen LogP contribution in [0.15, 0.2) is 130 Å². The predicted molar refractivity (Wildman–Crippen MR) is 167 cm³/mol. The Morgan fingerprint density at radius 2 is 1.26 bits per heavy atom. The van der Waals surface area contributed by atoms with Crippen molar-refractivity contribution >= 4 is 71.3 Å². The Morgan fingerprint density at radius 3 is 2.10 bits per heavy atom. The molecule has 6 heterocycles. The molecule has 0 amide bonds. The summed E-state index contributed by atoms with van der Waals surface area (Å²) in [7, 11) is 0. The first kappa shape index (κ1) is 21.9.